The molecule has 0 amide bonds. The fraction of sp³-hybridized carbons (Fsp3) is 1.00. The summed E-state index contributed by atoms with van der Waals surface area (Å²) in [6, 6.07) is 16.4. The second-order valence-electron chi connectivity index (χ2n) is 16.4. The normalized spacial score (nSPS) is 16.1. The Kier molecular flexibility index (Phi) is 26.8. The minimum Gasteiger partial charge on any atom is -0.381 e. The van der Waals surface area contributed by atoms with Crippen molar-refractivity contribution in [2.24, 2.45) is 0 Å². The number of ether oxygens (including phenoxy) is 1. The Balaban J connectivity index is 5.62. The third-order valence-electron chi connectivity index (χ3n) is 14.9. The first-order valence-corrected chi connectivity index (χ1v) is 38.8. The highest BCUT2D eigenvalue weighted by molar-refractivity contribution is 7.35. The molecule has 2 radical (unpaired) electrons. The van der Waals surface area contributed by atoms with E-state index in [0.29, 0.717) is 13.2 Å². The van der Waals surface area contributed by atoms with E-state index in [1.54, 1.807) is 0 Å². The van der Waals surface area contributed by atoms with Gasteiger partial charge in [-0.05, 0) is 134 Å². The Labute approximate surface area is 347 Å². The van der Waals surface area contributed by atoms with Crippen LogP contribution in [0.5, 0.6) is 0 Å². The maximum absolute atomic E-state index is 6.87. The molecule has 0 aromatic carbocycles. The van der Waals surface area contributed by atoms with Crippen LogP contribution in [0.25, 0.3) is 0 Å². The molecule has 0 aliphatic carbocycles. The molecule has 0 bridgehead atoms. The van der Waals surface area contributed by atoms with Crippen LogP contribution in [0.2, 0.25) is 82.6 Å². The lowest BCUT2D eigenvalue weighted by Crippen LogP contribution is -2.66. The highest BCUT2D eigenvalue weighted by atomic mass is 35.7. The molecule has 2 unspecified atom stereocenters. The molecule has 51 heavy (non-hydrogen) atoms. The lowest BCUT2D eigenvalue weighted by Gasteiger charge is -2.52. The summed E-state index contributed by atoms with van der Waals surface area (Å²) in [6.07, 6.45) is 6.37. The lowest BCUT2D eigenvalue weighted by atomic mass is 10.00. The molecule has 306 valence electrons. The molecule has 0 fully saturated rings. The Morgan fingerprint density at radius 3 is 0.804 bits per heavy atom. The third-order valence-corrected chi connectivity index (χ3v) is 50.2. The van der Waals surface area contributed by atoms with Gasteiger partial charge in [-0.3, -0.25) is 0 Å². The van der Waals surface area contributed by atoms with Crippen LogP contribution in [0.4, 0.5) is 0 Å². The van der Waals surface area contributed by atoms with Crippen molar-refractivity contribution in [1.82, 2.24) is 8.46 Å². The number of hydrogen-bond donors (Lipinski definition) is 0. The van der Waals surface area contributed by atoms with E-state index in [1.165, 1.54) is 98.5 Å². The molecule has 0 N–H and O–H groups in total. The second kappa shape index (κ2) is 25.6. The summed E-state index contributed by atoms with van der Waals surface area (Å²) in [6.45, 7) is 38.2. The van der Waals surface area contributed by atoms with E-state index in [0.717, 1.165) is 25.7 Å². The molecule has 0 heterocycles. The van der Waals surface area contributed by atoms with Crippen LogP contribution in [-0.4, -0.2) is 82.5 Å². The van der Waals surface area contributed by atoms with Crippen LogP contribution < -0.4 is 0 Å². The highest BCUT2D eigenvalue weighted by Gasteiger charge is 2.47. The van der Waals surface area contributed by atoms with Gasteiger partial charge in [0.1, 0.15) is 32.9 Å². The fourth-order valence-electron chi connectivity index (χ4n) is 9.82. The summed E-state index contributed by atoms with van der Waals surface area (Å²) >= 11 is 27.5. The van der Waals surface area contributed by atoms with E-state index in [9.17, 15) is 0 Å². The Morgan fingerprint density at radius 1 is 0.412 bits per heavy atom. The van der Waals surface area contributed by atoms with Gasteiger partial charge in [0.15, 0.2) is 0 Å². The zero-order chi connectivity index (χ0) is 39.6. The standard InChI is InChI=1S/C38H86Cl4N2OSi6/c1-15-48(16-2,17-3)43(49(18-4,19-5)20-6)33-27-29-37(13,46(39)40)31-35-45-36-32-38(14,47(41)42)30-28-34-44(50(21-7,22-8)23-9)51(24-10,25-11)26-12/h15-36H2,1-14H3. The summed E-state index contributed by atoms with van der Waals surface area (Å²) in [4.78, 5) is 0. The molecule has 2 atom stereocenters. The average Bonchev–Trinajstić information content (AvgIpc) is 3.14. The van der Waals surface area contributed by atoms with E-state index in [4.69, 9.17) is 49.1 Å². The van der Waals surface area contributed by atoms with Gasteiger partial charge in [0, 0.05) is 13.2 Å². The first-order chi connectivity index (χ1) is 24.0. The molecule has 0 spiro atoms. The third kappa shape index (κ3) is 13.7. The first kappa shape index (κ1) is 53.3. The predicted octanol–water partition coefficient (Wildman–Crippen LogP) is 15.4. The fourth-order valence-corrected chi connectivity index (χ4v) is 40.3. The molecular weight excluding hydrogens is 811 g/mol. The summed E-state index contributed by atoms with van der Waals surface area (Å²) in [7, 11) is -8.99. The van der Waals surface area contributed by atoms with Crippen molar-refractivity contribution in [3.8, 4) is 0 Å². The topological polar surface area (TPSA) is 15.7 Å². The molecule has 0 aliphatic rings. The minimum absolute atomic E-state index is 0.0632. The van der Waals surface area contributed by atoms with Crippen LogP contribution in [0, 0.1) is 0 Å². The van der Waals surface area contributed by atoms with E-state index >= 15 is 0 Å². The zero-order valence-electron chi connectivity index (χ0n) is 36.4. The summed E-state index contributed by atoms with van der Waals surface area (Å²) in [5.74, 6) is 0. The van der Waals surface area contributed by atoms with Crippen LogP contribution >= 0.6 is 44.3 Å². The molecule has 3 nitrogen and oxygen atoms in total. The predicted molar refractivity (Wildman–Crippen MR) is 252 cm³/mol. The van der Waals surface area contributed by atoms with Crippen molar-refractivity contribution in [2.75, 3.05) is 26.3 Å². The molecule has 0 saturated carbocycles. The minimum atomic E-state index is -1.52. The largest absolute Gasteiger partial charge is 0.381 e. The molecule has 13 heteroatoms. The SMILES string of the molecule is CC[Si](CC)(CC)N(CCCC(C)(CCOCCC(C)(CCCN([Si](CC)(CC)CC)[Si](CC)(CC)CC)[Si](Cl)Cl)[Si](Cl)Cl)[Si](CC)(CC)CC. The van der Waals surface area contributed by atoms with Gasteiger partial charge in [0.2, 0.25) is 0 Å². The van der Waals surface area contributed by atoms with Gasteiger partial charge >= 0.3 is 0 Å². The molecule has 0 aliphatic heterocycles. The van der Waals surface area contributed by atoms with Gasteiger partial charge in [0.25, 0.3) is 14.8 Å². The van der Waals surface area contributed by atoms with E-state index in [2.05, 4.69) is 105 Å². The van der Waals surface area contributed by atoms with Crippen molar-refractivity contribution < 1.29 is 4.74 Å². The van der Waals surface area contributed by atoms with Gasteiger partial charge in [-0.15, -0.1) is 44.3 Å². The average molecular weight is 897 g/mol. The molecule has 0 aromatic rings. The molecular formula is C38H86Cl4N2OSi6. The molecule has 0 saturated heterocycles. The van der Waals surface area contributed by atoms with Crippen molar-refractivity contribution in [3.05, 3.63) is 0 Å². The van der Waals surface area contributed by atoms with Crippen LogP contribution in [0.3, 0.4) is 0 Å². The summed E-state index contributed by atoms with van der Waals surface area (Å²) in [5, 5.41) is -0.126. The summed E-state index contributed by atoms with van der Waals surface area (Å²) < 4.78 is 12.8. The molecule has 0 aromatic heterocycles. The first-order valence-electron chi connectivity index (χ1n) is 21.5. The Bertz CT molecular complexity index is 767. The maximum Gasteiger partial charge on any atom is 0.280 e. The maximum atomic E-state index is 6.87. The van der Waals surface area contributed by atoms with Crippen LogP contribution in [0.1, 0.15) is 135 Å². The molecule has 0 rings (SSSR count). The van der Waals surface area contributed by atoms with E-state index < -0.39 is 47.8 Å². The van der Waals surface area contributed by atoms with E-state index in [-0.39, 0.29) is 10.1 Å². The summed E-state index contributed by atoms with van der Waals surface area (Å²) in [5.41, 5.74) is 0. The number of rotatable bonds is 32. The zero-order valence-corrected chi connectivity index (χ0v) is 45.4. The van der Waals surface area contributed by atoms with Crippen molar-refractivity contribution >= 4 is 92.1 Å². The highest BCUT2D eigenvalue weighted by Crippen LogP contribution is 2.46. The lowest BCUT2D eigenvalue weighted by molar-refractivity contribution is 0.111. The van der Waals surface area contributed by atoms with Crippen LogP contribution in [-0.2, 0) is 4.74 Å². The second-order valence-corrected chi connectivity index (χ2v) is 46.9. The van der Waals surface area contributed by atoms with Crippen molar-refractivity contribution in [3.63, 3.8) is 0 Å². The number of nitrogens with zero attached hydrogens (tertiary/aromatic N) is 2. The van der Waals surface area contributed by atoms with Gasteiger partial charge in [-0.2, -0.15) is 0 Å². The Hall–Kier alpha value is 2.34. The number of halogens is 4. The monoisotopic (exact) mass is 894 g/mol. The quantitative estimate of drug-likeness (QED) is 0.0380. The Morgan fingerprint density at radius 2 is 0.627 bits per heavy atom. The van der Waals surface area contributed by atoms with Gasteiger partial charge in [-0.25, -0.2) is 0 Å². The smallest absolute Gasteiger partial charge is 0.280 e. The van der Waals surface area contributed by atoms with E-state index in [1.807, 2.05) is 0 Å². The van der Waals surface area contributed by atoms with Crippen molar-refractivity contribution in [2.45, 2.75) is 218 Å². The van der Waals surface area contributed by atoms with Crippen molar-refractivity contribution in [1.29, 1.82) is 0 Å². The van der Waals surface area contributed by atoms with Gasteiger partial charge < -0.3 is 13.2 Å². The van der Waals surface area contributed by atoms with Crippen LogP contribution in [0.15, 0.2) is 0 Å². The van der Waals surface area contributed by atoms with Gasteiger partial charge in [-0.1, -0.05) is 96.9 Å². The van der Waals surface area contributed by atoms with Gasteiger partial charge in [0.05, 0.1) is 0 Å². The number of hydrogen-bond acceptors (Lipinski definition) is 3.